The lowest BCUT2D eigenvalue weighted by molar-refractivity contribution is -0.148. The van der Waals surface area contributed by atoms with Crippen LogP contribution in [0.3, 0.4) is 0 Å². The Kier molecular flexibility index (Phi) is 4.64. The Morgan fingerprint density at radius 2 is 2.04 bits per heavy atom. The van der Waals surface area contributed by atoms with Crippen LogP contribution in [-0.2, 0) is 14.3 Å². The number of hydrogen-bond donors (Lipinski definition) is 0. The van der Waals surface area contributed by atoms with E-state index in [0.717, 1.165) is 5.69 Å². The highest BCUT2D eigenvalue weighted by Crippen LogP contribution is 2.59. The number of anilines is 1. The zero-order valence-electron chi connectivity index (χ0n) is 14.3. The second-order valence-electron chi connectivity index (χ2n) is 6.32. The standard InChI is InChI=1S/C17H20Cl2N2O4/c1-20(15(23)16(25-3)10-17(16,18)19)13-7-8-21(14(13)22)11-5-4-6-12(9-11)24-2/h4-6,9,13H,7-8,10H2,1-3H3. The van der Waals surface area contributed by atoms with Crippen LogP contribution >= 0.6 is 23.2 Å². The molecule has 1 heterocycles. The normalized spacial score (nSPS) is 27.3. The Hall–Kier alpha value is -1.50. The highest BCUT2D eigenvalue weighted by atomic mass is 35.5. The maximum Gasteiger partial charge on any atom is 0.258 e. The van der Waals surface area contributed by atoms with Crippen molar-refractivity contribution in [1.29, 1.82) is 0 Å². The van der Waals surface area contributed by atoms with Gasteiger partial charge in [-0.3, -0.25) is 9.59 Å². The van der Waals surface area contributed by atoms with E-state index < -0.39 is 16.0 Å². The fourth-order valence-electron chi connectivity index (χ4n) is 3.29. The topological polar surface area (TPSA) is 59.1 Å². The van der Waals surface area contributed by atoms with Crippen LogP contribution in [0.1, 0.15) is 12.8 Å². The fraction of sp³-hybridized carbons (Fsp3) is 0.529. The maximum absolute atomic E-state index is 12.8. The van der Waals surface area contributed by atoms with Crippen molar-refractivity contribution in [3.8, 4) is 5.75 Å². The molecule has 2 aliphatic rings. The average molecular weight is 387 g/mol. The average Bonchev–Trinajstić information content (AvgIpc) is 2.98. The third-order valence-electron chi connectivity index (χ3n) is 4.96. The molecule has 0 aromatic heterocycles. The van der Waals surface area contributed by atoms with Crippen molar-refractivity contribution in [3.05, 3.63) is 24.3 Å². The van der Waals surface area contributed by atoms with Gasteiger partial charge in [-0.2, -0.15) is 0 Å². The molecule has 2 unspecified atom stereocenters. The number of ether oxygens (including phenoxy) is 2. The number of carbonyl (C=O) groups is 2. The quantitative estimate of drug-likeness (QED) is 0.728. The van der Waals surface area contributed by atoms with Crippen LogP contribution in [0.25, 0.3) is 0 Å². The van der Waals surface area contributed by atoms with Crippen molar-refractivity contribution in [1.82, 2.24) is 4.90 Å². The Morgan fingerprint density at radius 3 is 2.60 bits per heavy atom. The van der Waals surface area contributed by atoms with Crippen molar-refractivity contribution < 1.29 is 19.1 Å². The number of rotatable bonds is 5. The summed E-state index contributed by atoms with van der Waals surface area (Å²) < 4.78 is 9.24. The third kappa shape index (κ3) is 2.86. The predicted molar refractivity (Wildman–Crippen MR) is 95.3 cm³/mol. The molecule has 0 spiro atoms. The summed E-state index contributed by atoms with van der Waals surface area (Å²) in [6.07, 6.45) is 0.735. The molecule has 0 radical (unpaired) electrons. The molecule has 2 amide bonds. The van der Waals surface area contributed by atoms with Gasteiger partial charge in [0.25, 0.3) is 5.91 Å². The minimum Gasteiger partial charge on any atom is -0.497 e. The molecule has 1 aromatic rings. The van der Waals surface area contributed by atoms with E-state index >= 15 is 0 Å². The number of methoxy groups -OCH3 is 2. The van der Waals surface area contributed by atoms with E-state index in [0.29, 0.717) is 18.7 Å². The smallest absolute Gasteiger partial charge is 0.258 e. The van der Waals surface area contributed by atoms with Crippen molar-refractivity contribution >= 4 is 40.7 Å². The molecular weight excluding hydrogens is 367 g/mol. The van der Waals surface area contributed by atoms with Crippen LogP contribution in [0.5, 0.6) is 5.75 Å². The molecular formula is C17H20Cl2N2O4. The molecule has 1 aliphatic carbocycles. The third-order valence-corrected chi connectivity index (χ3v) is 5.84. The van der Waals surface area contributed by atoms with E-state index in [4.69, 9.17) is 32.7 Å². The number of halogens is 2. The van der Waals surface area contributed by atoms with Gasteiger partial charge >= 0.3 is 0 Å². The lowest BCUT2D eigenvalue weighted by atomic mass is 10.2. The van der Waals surface area contributed by atoms with Gasteiger partial charge in [-0.05, 0) is 18.6 Å². The van der Waals surface area contributed by atoms with Gasteiger partial charge in [-0.15, -0.1) is 0 Å². The van der Waals surface area contributed by atoms with Gasteiger partial charge in [0.05, 0.1) is 7.11 Å². The Bertz CT molecular complexity index is 712. The van der Waals surface area contributed by atoms with E-state index in [1.165, 1.54) is 12.0 Å². The molecule has 2 fully saturated rings. The predicted octanol–water partition coefficient (Wildman–Crippen LogP) is 2.22. The van der Waals surface area contributed by atoms with Gasteiger partial charge in [0.1, 0.15) is 11.8 Å². The summed E-state index contributed by atoms with van der Waals surface area (Å²) in [5, 5.41) is 0. The lowest BCUT2D eigenvalue weighted by Gasteiger charge is -2.28. The number of nitrogens with zero attached hydrogens (tertiary/aromatic N) is 2. The van der Waals surface area contributed by atoms with Gasteiger partial charge in [-0.1, -0.05) is 29.3 Å². The molecule has 2 atom stereocenters. The summed E-state index contributed by atoms with van der Waals surface area (Å²) in [6, 6.07) is 6.69. The first kappa shape index (κ1) is 18.3. The SMILES string of the molecule is COc1cccc(N2CCC(N(C)C(=O)C3(OC)CC3(Cl)Cl)C2=O)c1. The van der Waals surface area contributed by atoms with Crippen LogP contribution in [-0.4, -0.2) is 60.5 Å². The molecule has 1 saturated heterocycles. The van der Waals surface area contributed by atoms with Crippen LogP contribution in [0, 0.1) is 0 Å². The molecule has 136 valence electrons. The second-order valence-corrected chi connectivity index (χ2v) is 7.81. The maximum atomic E-state index is 12.8. The summed E-state index contributed by atoms with van der Waals surface area (Å²) in [6.45, 7) is 0.515. The van der Waals surface area contributed by atoms with E-state index in [9.17, 15) is 9.59 Å². The summed E-state index contributed by atoms with van der Waals surface area (Å²) >= 11 is 12.2. The number of likely N-dealkylation sites (N-methyl/N-ethyl adjacent to an activating group) is 1. The molecule has 3 rings (SSSR count). The van der Waals surface area contributed by atoms with Crippen molar-refractivity contribution in [2.24, 2.45) is 0 Å². The lowest BCUT2D eigenvalue weighted by Crippen LogP contribution is -2.50. The van der Waals surface area contributed by atoms with Crippen molar-refractivity contribution in [2.45, 2.75) is 28.8 Å². The zero-order valence-corrected chi connectivity index (χ0v) is 15.8. The van der Waals surface area contributed by atoms with Crippen LogP contribution in [0.4, 0.5) is 5.69 Å². The summed E-state index contributed by atoms with van der Waals surface area (Å²) in [7, 11) is 4.56. The first-order chi connectivity index (χ1) is 11.8. The van der Waals surface area contributed by atoms with Crippen LogP contribution in [0.15, 0.2) is 24.3 Å². The summed E-state index contributed by atoms with van der Waals surface area (Å²) in [5.74, 6) is 0.153. The van der Waals surface area contributed by atoms with E-state index in [1.54, 1.807) is 25.1 Å². The number of alkyl halides is 2. The number of benzene rings is 1. The number of hydrogen-bond acceptors (Lipinski definition) is 4. The van der Waals surface area contributed by atoms with Gasteiger partial charge in [-0.25, -0.2) is 0 Å². The Morgan fingerprint density at radius 1 is 1.36 bits per heavy atom. The molecule has 1 aliphatic heterocycles. The first-order valence-corrected chi connectivity index (χ1v) is 8.68. The van der Waals surface area contributed by atoms with Crippen LogP contribution < -0.4 is 9.64 Å². The fourth-order valence-corrected chi connectivity index (χ4v) is 3.99. The summed E-state index contributed by atoms with van der Waals surface area (Å²) in [5.41, 5.74) is -0.529. The van der Waals surface area contributed by atoms with Gasteiger partial charge in [0, 0.05) is 38.9 Å². The Balaban J connectivity index is 1.76. The van der Waals surface area contributed by atoms with Crippen molar-refractivity contribution in [3.63, 3.8) is 0 Å². The van der Waals surface area contributed by atoms with Gasteiger partial charge in [0.15, 0.2) is 9.93 Å². The first-order valence-electron chi connectivity index (χ1n) is 7.93. The van der Waals surface area contributed by atoms with E-state index in [-0.39, 0.29) is 18.2 Å². The van der Waals surface area contributed by atoms with Crippen molar-refractivity contribution in [2.75, 3.05) is 32.7 Å². The number of amides is 2. The second kappa shape index (κ2) is 6.34. The molecule has 0 N–H and O–H groups in total. The molecule has 6 nitrogen and oxygen atoms in total. The van der Waals surface area contributed by atoms with E-state index in [2.05, 4.69) is 0 Å². The monoisotopic (exact) mass is 386 g/mol. The van der Waals surface area contributed by atoms with Gasteiger partial charge in [0.2, 0.25) is 5.91 Å². The van der Waals surface area contributed by atoms with Gasteiger partial charge < -0.3 is 19.3 Å². The molecule has 25 heavy (non-hydrogen) atoms. The minimum atomic E-state index is -1.27. The minimum absolute atomic E-state index is 0.147. The molecule has 0 bridgehead atoms. The highest BCUT2D eigenvalue weighted by Gasteiger charge is 2.73. The number of carbonyl (C=O) groups excluding carboxylic acids is 2. The Labute approximate surface area is 156 Å². The largest absolute Gasteiger partial charge is 0.497 e. The molecule has 1 saturated carbocycles. The molecule has 8 heteroatoms. The van der Waals surface area contributed by atoms with Crippen LogP contribution in [0.2, 0.25) is 0 Å². The highest BCUT2D eigenvalue weighted by molar-refractivity contribution is 6.54. The summed E-state index contributed by atoms with van der Waals surface area (Å²) in [4.78, 5) is 28.7. The van der Waals surface area contributed by atoms with E-state index in [1.807, 2.05) is 18.2 Å². The molecule has 1 aromatic carbocycles. The zero-order chi connectivity index (χ0) is 18.4.